The zero-order valence-electron chi connectivity index (χ0n) is 12.2. The van der Waals surface area contributed by atoms with E-state index in [0.29, 0.717) is 34.0 Å². The zero-order valence-corrected chi connectivity index (χ0v) is 13.0. The van der Waals surface area contributed by atoms with Crippen LogP contribution < -0.4 is 16.5 Å². The quantitative estimate of drug-likeness (QED) is 0.738. The topological polar surface area (TPSA) is 110 Å². The maximum Gasteiger partial charge on any atom is 0.251 e. The Bertz CT molecular complexity index is 860. The number of nitrogens with two attached hydrogens (primary N) is 2. The molecule has 1 aliphatic heterocycles. The molecule has 23 heavy (non-hydrogen) atoms. The number of amides is 1. The van der Waals surface area contributed by atoms with Gasteiger partial charge in [-0.15, -0.1) is 11.3 Å². The molecule has 1 atom stereocenters. The number of para-hydroxylation sites is 1. The molecule has 118 valence electrons. The smallest absolute Gasteiger partial charge is 0.251 e. The van der Waals surface area contributed by atoms with E-state index in [2.05, 4.69) is 0 Å². The number of ketones is 1. The average Bonchev–Trinajstić information content (AvgIpc) is 3.00. The van der Waals surface area contributed by atoms with Gasteiger partial charge in [0.05, 0.1) is 33.1 Å². The minimum atomic E-state index is -0.787. The first-order chi connectivity index (χ1) is 11.0. The number of hydrogen-bond acceptors (Lipinski definition) is 6. The third-order valence-electron chi connectivity index (χ3n) is 4.84. The number of carbonyl (C=O) groups excluding carboxylic acids is 2. The van der Waals surface area contributed by atoms with Crippen molar-refractivity contribution in [2.45, 2.75) is 18.3 Å². The third kappa shape index (κ3) is 1.71. The van der Waals surface area contributed by atoms with Crippen molar-refractivity contribution in [2.24, 2.45) is 5.73 Å². The summed E-state index contributed by atoms with van der Waals surface area (Å²) < 4.78 is 0. The second kappa shape index (κ2) is 4.56. The number of thiophene rings is 1. The Kier molecular flexibility index (Phi) is 2.82. The minimum absolute atomic E-state index is 0.0908. The molecule has 1 spiro atoms. The van der Waals surface area contributed by atoms with Crippen LogP contribution in [0, 0.1) is 0 Å². The van der Waals surface area contributed by atoms with Crippen LogP contribution in [0.1, 0.15) is 37.6 Å². The highest BCUT2D eigenvalue weighted by Gasteiger charge is 2.52. The van der Waals surface area contributed by atoms with Gasteiger partial charge in [-0.2, -0.15) is 0 Å². The van der Waals surface area contributed by atoms with Gasteiger partial charge in [-0.3, -0.25) is 19.9 Å². The Morgan fingerprint density at radius 2 is 2.09 bits per heavy atom. The Morgan fingerprint density at radius 3 is 2.83 bits per heavy atom. The molecule has 0 bridgehead atoms. The summed E-state index contributed by atoms with van der Waals surface area (Å²) in [6, 6.07) is 7.36. The van der Waals surface area contributed by atoms with Gasteiger partial charge in [-0.25, -0.2) is 0 Å². The van der Waals surface area contributed by atoms with Gasteiger partial charge in [0.15, 0.2) is 5.78 Å². The molecule has 1 unspecified atom stereocenters. The number of anilines is 2. The lowest BCUT2D eigenvalue weighted by Crippen LogP contribution is -2.43. The predicted octanol–water partition coefficient (Wildman–Crippen LogP) is 1.71. The molecule has 1 aromatic carbocycles. The number of nitrogens with zero attached hydrogens (tertiary/aromatic N) is 1. The molecule has 0 saturated carbocycles. The van der Waals surface area contributed by atoms with Gasteiger partial charge in [0.25, 0.3) is 5.91 Å². The first-order valence-electron chi connectivity index (χ1n) is 7.27. The first kappa shape index (κ1) is 14.2. The minimum Gasteiger partial charge on any atom is -0.390 e. The summed E-state index contributed by atoms with van der Waals surface area (Å²) in [5.41, 5.74) is 12.9. The van der Waals surface area contributed by atoms with Crippen LogP contribution in [0.2, 0.25) is 0 Å². The summed E-state index contributed by atoms with van der Waals surface area (Å²) >= 11 is 1.12. The molecular formula is C16H15N3O3S. The van der Waals surface area contributed by atoms with Crippen LogP contribution in [0.25, 0.3) is 0 Å². The van der Waals surface area contributed by atoms with Crippen LogP contribution >= 0.6 is 11.3 Å². The summed E-state index contributed by atoms with van der Waals surface area (Å²) in [4.78, 5) is 25.3. The molecule has 0 radical (unpaired) electrons. The lowest BCUT2D eigenvalue weighted by atomic mass is 9.69. The second-order valence-corrected chi connectivity index (χ2v) is 7.05. The number of fused-ring (bicyclic) bond motifs is 3. The maximum absolute atomic E-state index is 13.2. The van der Waals surface area contributed by atoms with Crippen molar-refractivity contribution in [1.82, 2.24) is 0 Å². The van der Waals surface area contributed by atoms with Crippen LogP contribution in [0.5, 0.6) is 0 Å². The van der Waals surface area contributed by atoms with Crippen molar-refractivity contribution < 1.29 is 14.8 Å². The summed E-state index contributed by atoms with van der Waals surface area (Å²) in [6.45, 7) is 0.217. The van der Waals surface area contributed by atoms with Crippen molar-refractivity contribution in [3.05, 3.63) is 45.8 Å². The second-order valence-electron chi connectivity index (χ2n) is 6.00. The van der Waals surface area contributed by atoms with Crippen molar-refractivity contribution >= 4 is 33.7 Å². The Hall–Kier alpha value is -2.38. The molecule has 4 rings (SSSR count). The highest BCUT2D eigenvalue weighted by atomic mass is 32.1. The number of benzene rings is 1. The molecule has 7 heteroatoms. The molecule has 0 saturated heterocycles. The highest BCUT2D eigenvalue weighted by molar-refractivity contribution is 7.18. The predicted molar refractivity (Wildman–Crippen MR) is 87.2 cm³/mol. The number of hydroxylamine groups is 1. The highest BCUT2D eigenvalue weighted by Crippen LogP contribution is 2.50. The Labute approximate surface area is 136 Å². The van der Waals surface area contributed by atoms with E-state index in [9.17, 15) is 14.8 Å². The standard InChI is InChI=1S/C16H15N3O3S/c17-14(21)11-8-5-6-16(13(20)12(8)23-15(11)18)7-19(22)10-4-2-1-3-9(10)16/h1-4,22H,5-7,18H2,(H2,17,21). The molecule has 2 aromatic rings. The van der Waals surface area contributed by atoms with E-state index in [1.54, 1.807) is 6.07 Å². The van der Waals surface area contributed by atoms with E-state index in [4.69, 9.17) is 11.5 Å². The molecule has 0 fully saturated rings. The van der Waals surface area contributed by atoms with Crippen molar-refractivity contribution in [3.63, 3.8) is 0 Å². The van der Waals surface area contributed by atoms with Gasteiger partial charge >= 0.3 is 0 Å². The molecule has 5 N–H and O–H groups in total. The van der Waals surface area contributed by atoms with Gasteiger partial charge < -0.3 is 11.5 Å². The van der Waals surface area contributed by atoms with E-state index in [1.165, 1.54) is 0 Å². The molecule has 6 nitrogen and oxygen atoms in total. The zero-order chi connectivity index (χ0) is 16.4. The summed E-state index contributed by atoms with van der Waals surface area (Å²) in [6.07, 6.45) is 1.05. The van der Waals surface area contributed by atoms with Gasteiger partial charge in [0, 0.05) is 0 Å². The molecule has 2 heterocycles. The number of nitrogen functional groups attached to an aromatic ring is 1. The first-order valence-corrected chi connectivity index (χ1v) is 8.09. The lowest BCUT2D eigenvalue weighted by molar-refractivity contribution is 0.0859. The number of primary amides is 1. The molecule has 2 aliphatic rings. The molecule has 1 amide bonds. The van der Waals surface area contributed by atoms with Gasteiger partial charge in [0.2, 0.25) is 0 Å². The lowest BCUT2D eigenvalue weighted by Gasteiger charge is -2.32. The number of carbonyl (C=O) groups is 2. The van der Waals surface area contributed by atoms with Gasteiger partial charge in [-0.1, -0.05) is 18.2 Å². The largest absolute Gasteiger partial charge is 0.390 e. The molecule has 1 aliphatic carbocycles. The maximum atomic E-state index is 13.2. The van der Waals surface area contributed by atoms with Crippen LogP contribution in [0.3, 0.4) is 0 Å². The van der Waals surface area contributed by atoms with E-state index < -0.39 is 11.3 Å². The van der Waals surface area contributed by atoms with Crippen LogP contribution in [-0.2, 0) is 11.8 Å². The fourth-order valence-electron chi connectivity index (χ4n) is 3.78. The van der Waals surface area contributed by atoms with Crippen molar-refractivity contribution in [3.8, 4) is 0 Å². The monoisotopic (exact) mass is 329 g/mol. The van der Waals surface area contributed by atoms with Gasteiger partial charge in [-0.05, 0) is 30.0 Å². The summed E-state index contributed by atoms with van der Waals surface area (Å²) in [5.74, 6) is -0.689. The number of hydrogen-bond donors (Lipinski definition) is 3. The summed E-state index contributed by atoms with van der Waals surface area (Å²) in [5, 5.41) is 11.6. The average molecular weight is 329 g/mol. The third-order valence-corrected chi connectivity index (χ3v) is 5.90. The van der Waals surface area contributed by atoms with E-state index in [1.807, 2.05) is 18.2 Å². The molecular weight excluding hydrogens is 314 g/mol. The van der Waals surface area contributed by atoms with Gasteiger partial charge in [0.1, 0.15) is 0 Å². The summed E-state index contributed by atoms with van der Waals surface area (Å²) in [7, 11) is 0. The van der Waals surface area contributed by atoms with E-state index >= 15 is 0 Å². The van der Waals surface area contributed by atoms with Crippen LogP contribution in [0.15, 0.2) is 24.3 Å². The number of Topliss-reactive ketones (excluding diaryl/α,β-unsaturated/α-hetero) is 1. The van der Waals surface area contributed by atoms with Crippen molar-refractivity contribution in [2.75, 3.05) is 17.3 Å². The SMILES string of the molecule is NC(=O)c1c(N)sc2c1CCC1(CN(O)c3ccccc31)C2=O. The van der Waals surface area contributed by atoms with E-state index in [-0.39, 0.29) is 17.9 Å². The molecule has 1 aromatic heterocycles. The Balaban J connectivity index is 1.89. The fourth-order valence-corrected chi connectivity index (χ4v) is 4.94. The fraction of sp³-hybridized carbons (Fsp3) is 0.250. The normalized spacial score (nSPS) is 22.3. The van der Waals surface area contributed by atoms with Crippen molar-refractivity contribution in [1.29, 1.82) is 0 Å². The Morgan fingerprint density at radius 1 is 1.35 bits per heavy atom. The van der Waals surface area contributed by atoms with Crippen LogP contribution in [0.4, 0.5) is 10.7 Å². The van der Waals surface area contributed by atoms with E-state index in [0.717, 1.165) is 22.0 Å². The number of rotatable bonds is 1. The van der Waals surface area contributed by atoms with Crippen LogP contribution in [-0.4, -0.2) is 23.4 Å².